The Balaban J connectivity index is 1.76. The molecule has 0 fully saturated rings. The Kier molecular flexibility index (Phi) is 7.68. The first-order chi connectivity index (χ1) is 12.6. The number of amides is 2. The van der Waals surface area contributed by atoms with Crippen molar-refractivity contribution in [1.82, 2.24) is 5.32 Å². The van der Waals surface area contributed by atoms with Gasteiger partial charge in [-0.2, -0.15) is 0 Å². The number of ether oxygens (including phenoxy) is 1. The fourth-order valence-corrected chi connectivity index (χ4v) is 2.42. The van der Waals surface area contributed by atoms with E-state index < -0.39 is 0 Å². The molecule has 0 heterocycles. The van der Waals surface area contributed by atoms with Crippen molar-refractivity contribution in [3.05, 3.63) is 59.7 Å². The monoisotopic (exact) mass is 354 g/mol. The van der Waals surface area contributed by atoms with E-state index in [1.54, 1.807) is 24.3 Å². The average molecular weight is 354 g/mol. The Labute approximate surface area is 154 Å². The molecule has 138 valence electrons. The van der Waals surface area contributed by atoms with Crippen molar-refractivity contribution in [2.45, 2.75) is 33.1 Å². The third-order valence-electron chi connectivity index (χ3n) is 3.86. The Hall–Kier alpha value is -2.82. The average Bonchev–Trinajstić information content (AvgIpc) is 2.63. The topological polar surface area (TPSA) is 67.4 Å². The summed E-state index contributed by atoms with van der Waals surface area (Å²) < 4.78 is 5.64. The molecule has 0 saturated heterocycles. The van der Waals surface area contributed by atoms with Crippen molar-refractivity contribution in [3.63, 3.8) is 0 Å². The number of hydrogen-bond donors (Lipinski definition) is 2. The molecule has 2 N–H and O–H groups in total. The third kappa shape index (κ3) is 6.59. The molecule has 2 rings (SSSR count). The van der Waals surface area contributed by atoms with E-state index in [-0.39, 0.29) is 11.8 Å². The van der Waals surface area contributed by atoms with E-state index in [2.05, 4.69) is 17.6 Å². The maximum Gasteiger partial charge on any atom is 0.251 e. The van der Waals surface area contributed by atoms with Crippen molar-refractivity contribution >= 4 is 17.5 Å². The number of unbranched alkanes of at least 4 members (excludes halogenated alkanes) is 1. The van der Waals surface area contributed by atoms with Gasteiger partial charge in [0.2, 0.25) is 5.91 Å². The van der Waals surface area contributed by atoms with Gasteiger partial charge in [-0.1, -0.05) is 25.5 Å². The van der Waals surface area contributed by atoms with Gasteiger partial charge < -0.3 is 15.4 Å². The highest BCUT2D eigenvalue weighted by Crippen LogP contribution is 2.13. The van der Waals surface area contributed by atoms with E-state index in [0.717, 1.165) is 37.2 Å². The molecular weight excluding hydrogens is 328 g/mol. The predicted octanol–water partition coefficient (Wildman–Crippen LogP) is 3.80. The van der Waals surface area contributed by atoms with Crippen LogP contribution in [0, 0.1) is 0 Å². The molecule has 5 nitrogen and oxygen atoms in total. The number of anilines is 1. The summed E-state index contributed by atoms with van der Waals surface area (Å²) in [6.07, 6.45) is 2.93. The smallest absolute Gasteiger partial charge is 0.251 e. The van der Waals surface area contributed by atoms with Gasteiger partial charge in [-0.15, -0.1) is 0 Å². The molecule has 0 radical (unpaired) electrons. The fraction of sp³-hybridized carbons (Fsp3) is 0.333. The Morgan fingerprint density at radius 3 is 2.31 bits per heavy atom. The van der Waals surface area contributed by atoms with Gasteiger partial charge in [-0.25, -0.2) is 0 Å². The first-order valence-electron chi connectivity index (χ1n) is 8.96. The SMILES string of the molecule is CCCCOc1ccc(CCNC(=O)c2ccc(NC(C)=O)cc2)cc1. The van der Waals surface area contributed by atoms with Crippen LogP contribution in [0.4, 0.5) is 5.69 Å². The lowest BCUT2D eigenvalue weighted by Gasteiger charge is -2.08. The van der Waals surface area contributed by atoms with E-state index in [1.165, 1.54) is 6.92 Å². The molecule has 0 aliphatic rings. The summed E-state index contributed by atoms with van der Waals surface area (Å²) in [4.78, 5) is 23.1. The van der Waals surface area contributed by atoms with Crippen LogP contribution in [0.2, 0.25) is 0 Å². The molecule has 2 aromatic rings. The summed E-state index contributed by atoms with van der Waals surface area (Å²) in [5, 5.41) is 5.58. The summed E-state index contributed by atoms with van der Waals surface area (Å²) in [6, 6.07) is 14.8. The van der Waals surface area contributed by atoms with Crippen LogP contribution in [0.1, 0.15) is 42.6 Å². The van der Waals surface area contributed by atoms with Crippen LogP contribution in [0.3, 0.4) is 0 Å². The maximum absolute atomic E-state index is 12.2. The van der Waals surface area contributed by atoms with E-state index in [9.17, 15) is 9.59 Å². The van der Waals surface area contributed by atoms with Crippen molar-refractivity contribution in [2.24, 2.45) is 0 Å². The molecule has 0 atom stereocenters. The summed E-state index contributed by atoms with van der Waals surface area (Å²) in [5.41, 5.74) is 2.39. The summed E-state index contributed by atoms with van der Waals surface area (Å²) in [7, 11) is 0. The minimum absolute atomic E-state index is 0.126. The molecule has 0 aliphatic heterocycles. The molecular formula is C21H26N2O3. The van der Waals surface area contributed by atoms with E-state index in [0.29, 0.717) is 17.8 Å². The zero-order chi connectivity index (χ0) is 18.8. The molecule has 26 heavy (non-hydrogen) atoms. The third-order valence-corrected chi connectivity index (χ3v) is 3.86. The van der Waals surface area contributed by atoms with Gasteiger partial charge in [-0.05, 0) is 54.8 Å². The molecule has 0 unspecified atom stereocenters. The van der Waals surface area contributed by atoms with Crippen molar-refractivity contribution < 1.29 is 14.3 Å². The maximum atomic E-state index is 12.2. The van der Waals surface area contributed by atoms with Crippen molar-refractivity contribution in [3.8, 4) is 5.75 Å². The Bertz CT molecular complexity index is 709. The molecule has 2 amide bonds. The molecule has 0 saturated carbocycles. The molecule has 0 aliphatic carbocycles. The second-order valence-corrected chi connectivity index (χ2v) is 6.11. The zero-order valence-corrected chi connectivity index (χ0v) is 15.4. The van der Waals surface area contributed by atoms with Gasteiger partial charge in [0.25, 0.3) is 5.91 Å². The standard InChI is InChI=1S/C21H26N2O3/c1-3-4-15-26-20-11-5-17(6-12-20)13-14-22-21(25)18-7-9-19(10-8-18)23-16(2)24/h5-12H,3-4,13-15H2,1-2H3,(H,22,25)(H,23,24). The minimum atomic E-state index is -0.135. The largest absolute Gasteiger partial charge is 0.494 e. The van der Waals surface area contributed by atoms with E-state index in [4.69, 9.17) is 4.74 Å². The summed E-state index contributed by atoms with van der Waals surface area (Å²) in [5.74, 6) is 0.619. The van der Waals surface area contributed by atoms with Crippen molar-refractivity contribution in [1.29, 1.82) is 0 Å². The number of nitrogens with one attached hydrogen (secondary N) is 2. The second-order valence-electron chi connectivity index (χ2n) is 6.11. The van der Waals surface area contributed by atoms with Crippen LogP contribution >= 0.6 is 0 Å². The molecule has 5 heteroatoms. The van der Waals surface area contributed by atoms with Crippen LogP contribution in [0.25, 0.3) is 0 Å². The van der Waals surface area contributed by atoms with Gasteiger partial charge in [0.05, 0.1) is 6.61 Å². The highest BCUT2D eigenvalue weighted by molar-refractivity contribution is 5.95. The Morgan fingerprint density at radius 1 is 1.00 bits per heavy atom. The number of carbonyl (C=O) groups is 2. The first kappa shape index (κ1) is 19.5. The highest BCUT2D eigenvalue weighted by Gasteiger charge is 2.05. The van der Waals surface area contributed by atoms with Gasteiger partial charge in [-0.3, -0.25) is 9.59 Å². The van der Waals surface area contributed by atoms with Crippen LogP contribution in [-0.2, 0) is 11.2 Å². The quantitative estimate of drug-likeness (QED) is 0.673. The predicted molar refractivity (Wildman–Crippen MR) is 104 cm³/mol. The lowest BCUT2D eigenvalue weighted by Crippen LogP contribution is -2.25. The normalized spacial score (nSPS) is 10.2. The van der Waals surface area contributed by atoms with E-state index in [1.807, 2.05) is 24.3 Å². The molecule has 2 aromatic carbocycles. The van der Waals surface area contributed by atoms with Crippen LogP contribution in [0.15, 0.2) is 48.5 Å². The van der Waals surface area contributed by atoms with Gasteiger partial charge in [0.15, 0.2) is 0 Å². The van der Waals surface area contributed by atoms with Crippen molar-refractivity contribution in [2.75, 3.05) is 18.5 Å². The van der Waals surface area contributed by atoms with Crippen LogP contribution in [-0.4, -0.2) is 25.0 Å². The number of hydrogen-bond acceptors (Lipinski definition) is 3. The first-order valence-corrected chi connectivity index (χ1v) is 8.96. The van der Waals surface area contributed by atoms with Gasteiger partial charge in [0, 0.05) is 24.7 Å². The fourth-order valence-electron chi connectivity index (χ4n) is 2.42. The number of benzene rings is 2. The summed E-state index contributed by atoms with van der Waals surface area (Å²) >= 11 is 0. The minimum Gasteiger partial charge on any atom is -0.494 e. The van der Waals surface area contributed by atoms with Crippen LogP contribution in [0.5, 0.6) is 5.75 Å². The second kappa shape index (κ2) is 10.2. The highest BCUT2D eigenvalue weighted by atomic mass is 16.5. The zero-order valence-electron chi connectivity index (χ0n) is 15.4. The molecule has 0 spiro atoms. The van der Waals surface area contributed by atoms with Crippen LogP contribution < -0.4 is 15.4 Å². The molecule has 0 aromatic heterocycles. The Morgan fingerprint density at radius 2 is 1.69 bits per heavy atom. The number of carbonyl (C=O) groups excluding carboxylic acids is 2. The lowest BCUT2D eigenvalue weighted by molar-refractivity contribution is -0.114. The van der Waals surface area contributed by atoms with Gasteiger partial charge in [0.1, 0.15) is 5.75 Å². The molecule has 0 bridgehead atoms. The summed E-state index contributed by atoms with van der Waals surface area (Å²) in [6.45, 7) is 4.89. The van der Waals surface area contributed by atoms with E-state index >= 15 is 0 Å². The number of rotatable bonds is 9. The lowest BCUT2D eigenvalue weighted by atomic mass is 10.1. The van der Waals surface area contributed by atoms with Gasteiger partial charge >= 0.3 is 0 Å².